The average molecular weight is 427 g/mol. The third kappa shape index (κ3) is 4.00. The lowest BCUT2D eigenvalue weighted by molar-refractivity contribution is -0.0574. The van der Waals surface area contributed by atoms with Crippen molar-refractivity contribution in [1.82, 2.24) is 0 Å². The Morgan fingerprint density at radius 2 is 1.81 bits per heavy atom. The van der Waals surface area contributed by atoms with Crippen molar-refractivity contribution in [2.75, 3.05) is 0 Å². The van der Waals surface area contributed by atoms with Crippen molar-refractivity contribution in [3.8, 4) is 0 Å². The fraction of sp³-hybridized carbons (Fsp3) is 0.867. The molecule has 9 atom stereocenters. The van der Waals surface area contributed by atoms with Crippen LogP contribution in [0, 0.1) is 52.3 Å². The number of aliphatic hydroxyl groups is 1. The van der Waals surface area contributed by atoms with E-state index in [4.69, 9.17) is 0 Å². The molecular formula is C30H50O. The van der Waals surface area contributed by atoms with Crippen LogP contribution in [0.5, 0.6) is 0 Å². The quantitative estimate of drug-likeness (QED) is 0.424. The number of hydrogen-bond acceptors (Lipinski definition) is 1. The first-order valence-corrected chi connectivity index (χ1v) is 13.6. The Bertz CT molecular complexity index is 703. The molecule has 4 rings (SSSR count). The van der Waals surface area contributed by atoms with Crippen LogP contribution in [0.15, 0.2) is 23.8 Å². The van der Waals surface area contributed by atoms with Gasteiger partial charge in [-0.25, -0.2) is 0 Å². The standard InChI is InChI=1S/C30H50O/c1-19(2)24(20(3)4)10-8-21(5)26-12-13-27-25-11-9-22-18-23(31)14-16-29(22,6)28(25)15-17-30(26,27)7/h9,20-21,23-28,31H,1,8,10-18H2,2-7H3. The van der Waals surface area contributed by atoms with Crippen molar-refractivity contribution in [2.24, 2.45) is 52.3 Å². The summed E-state index contributed by atoms with van der Waals surface area (Å²) in [7, 11) is 0. The molecule has 0 aromatic heterocycles. The second-order valence-corrected chi connectivity index (χ2v) is 13.1. The van der Waals surface area contributed by atoms with Gasteiger partial charge in [0.1, 0.15) is 0 Å². The summed E-state index contributed by atoms with van der Waals surface area (Å²) in [6, 6.07) is 0. The van der Waals surface area contributed by atoms with Crippen LogP contribution in [0.25, 0.3) is 0 Å². The van der Waals surface area contributed by atoms with E-state index < -0.39 is 0 Å². The van der Waals surface area contributed by atoms with Gasteiger partial charge in [-0.1, -0.05) is 58.4 Å². The number of allylic oxidation sites excluding steroid dienone is 2. The molecule has 1 heteroatoms. The van der Waals surface area contributed by atoms with E-state index in [0.29, 0.717) is 22.7 Å². The van der Waals surface area contributed by atoms with Crippen LogP contribution < -0.4 is 0 Å². The molecule has 0 spiro atoms. The SMILES string of the molecule is C=C(C)C(CCC(C)C1CCC2C3CC=C4CC(O)CCC4(C)C3CCC12C)C(C)C. The molecule has 9 unspecified atom stereocenters. The molecular weight excluding hydrogens is 376 g/mol. The molecule has 3 fully saturated rings. The second kappa shape index (κ2) is 8.66. The molecule has 4 aliphatic rings. The molecule has 0 radical (unpaired) electrons. The van der Waals surface area contributed by atoms with Gasteiger partial charge in [0.25, 0.3) is 0 Å². The lowest BCUT2D eigenvalue weighted by Crippen LogP contribution is -2.50. The monoisotopic (exact) mass is 426 g/mol. The van der Waals surface area contributed by atoms with E-state index in [1.54, 1.807) is 5.57 Å². The first-order chi connectivity index (χ1) is 14.6. The van der Waals surface area contributed by atoms with Crippen molar-refractivity contribution in [3.05, 3.63) is 23.8 Å². The Balaban J connectivity index is 1.47. The molecule has 0 amide bonds. The second-order valence-electron chi connectivity index (χ2n) is 13.1. The van der Waals surface area contributed by atoms with Gasteiger partial charge in [0.05, 0.1) is 6.10 Å². The molecule has 4 aliphatic carbocycles. The third-order valence-corrected chi connectivity index (χ3v) is 11.2. The molecule has 176 valence electrons. The first kappa shape index (κ1) is 23.6. The lowest BCUT2D eigenvalue weighted by Gasteiger charge is -2.58. The molecule has 3 saturated carbocycles. The summed E-state index contributed by atoms with van der Waals surface area (Å²) < 4.78 is 0. The summed E-state index contributed by atoms with van der Waals surface area (Å²) in [4.78, 5) is 0. The van der Waals surface area contributed by atoms with Gasteiger partial charge in [-0.3, -0.25) is 0 Å². The van der Waals surface area contributed by atoms with Crippen LogP contribution in [0.4, 0.5) is 0 Å². The van der Waals surface area contributed by atoms with Crippen molar-refractivity contribution in [2.45, 2.75) is 112 Å². The highest BCUT2D eigenvalue weighted by Crippen LogP contribution is 2.67. The Kier molecular flexibility index (Phi) is 6.59. The number of fused-ring (bicyclic) bond motifs is 5. The zero-order valence-corrected chi connectivity index (χ0v) is 21.4. The first-order valence-electron chi connectivity index (χ1n) is 13.6. The number of hydrogen-bond donors (Lipinski definition) is 1. The van der Waals surface area contributed by atoms with E-state index in [1.807, 2.05) is 0 Å². The maximum absolute atomic E-state index is 10.3. The fourth-order valence-corrected chi connectivity index (χ4v) is 9.41. The van der Waals surface area contributed by atoms with Gasteiger partial charge in [0.15, 0.2) is 0 Å². The van der Waals surface area contributed by atoms with Gasteiger partial charge in [-0.05, 0) is 123 Å². The topological polar surface area (TPSA) is 20.2 Å². The van der Waals surface area contributed by atoms with E-state index in [1.165, 1.54) is 56.9 Å². The van der Waals surface area contributed by atoms with E-state index >= 15 is 0 Å². The molecule has 0 aliphatic heterocycles. The van der Waals surface area contributed by atoms with Crippen LogP contribution in [0.3, 0.4) is 0 Å². The normalized spacial score (nSPS) is 44.1. The van der Waals surface area contributed by atoms with Gasteiger partial charge in [0, 0.05) is 0 Å². The Hall–Kier alpha value is -0.560. The minimum atomic E-state index is -0.0877. The van der Waals surface area contributed by atoms with Crippen LogP contribution in [-0.4, -0.2) is 11.2 Å². The van der Waals surface area contributed by atoms with E-state index in [9.17, 15) is 5.11 Å². The Morgan fingerprint density at radius 3 is 2.48 bits per heavy atom. The van der Waals surface area contributed by atoms with Crippen molar-refractivity contribution < 1.29 is 5.11 Å². The van der Waals surface area contributed by atoms with Crippen LogP contribution in [0.1, 0.15) is 106 Å². The molecule has 0 aromatic carbocycles. The van der Waals surface area contributed by atoms with Gasteiger partial charge in [-0.2, -0.15) is 0 Å². The molecule has 0 aromatic rings. The summed E-state index contributed by atoms with van der Waals surface area (Å²) in [5.41, 5.74) is 3.92. The third-order valence-electron chi connectivity index (χ3n) is 11.2. The lowest BCUT2D eigenvalue weighted by atomic mass is 9.47. The predicted molar refractivity (Wildman–Crippen MR) is 133 cm³/mol. The summed E-state index contributed by atoms with van der Waals surface area (Å²) in [5, 5.41) is 10.3. The summed E-state index contributed by atoms with van der Waals surface area (Å²) >= 11 is 0. The summed E-state index contributed by atoms with van der Waals surface area (Å²) in [5.74, 6) is 5.81. The van der Waals surface area contributed by atoms with Crippen LogP contribution in [-0.2, 0) is 0 Å². The number of aliphatic hydroxyl groups excluding tert-OH is 1. The van der Waals surface area contributed by atoms with Gasteiger partial charge in [-0.15, -0.1) is 0 Å². The van der Waals surface area contributed by atoms with E-state index in [0.717, 1.165) is 42.4 Å². The molecule has 31 heavy (non-hydrogen) atoms. The van der Waals surface area contributed by atoms with E-state index in [2.05, 4.69) is 54.2 Å². The highest BCUT2D eigenvalue weighted by Gasteiger charge is 2.59. The molecule has 1 nitrogen and oxygen atoms in total. The molecule has 0 saturated heterocycles. The van der Waals surface area contributed by atoms with Crippen LogP contribution >= 0.6 is 0 Å². The predicted octanol–water partition coefficient (Wildman–Crippen LogP) is 8.19. The fourth-order valence-electron chi connectivity index (χ4n) is 9.41. The van der Waals surface area contributed by atoms with Crippen molar-refractivity contribution in [1.29, 1.82) is 0 Å². The maximum Gasteiger partial charge on any atom is 0.0577 e. The Labute approximate surface area is 193 Å². The summed E-state index contributed by atoms with van der Waals surface area (Å²) in [6.07, 6.45) is 15.4. The smallest absolute Gasteiger partial charge is 0.0577 e. The molecule has 1 N–H and O–H groups in total. The average Bonchev–Trinajstić information content (AvgIpc) is 3.05. The van der Waals surface area contributed by atoms with Gasteiger partial charge < -0.3 is 5.11 Å². The maximum atomic E-state index is 10.3. The van der Waals surface area contributed by atoms with Gasteiger partial charge in [0.2, 0.25) is 0 Å². The zero-order valence-electron chi connectivity index (χ0n) is 21.4. The summed E-state index contributed by atoms with van der Waals surface area (Å²) in [6.45, 7) is 19.1. The number of rotatable bonds is 6. The molecule has 0 heterocycles. The largest absolute Gasteiger partial charge is 0.393 e. The van der Waals surface area contributed by atoms with Crippen molar-refractivity contribution >= 4 is 0 Å². The van der Waals surface area contributed by atoms with Crippen LogP contribution in [0.2, 0.25) is 0 Å². The highest BCUT2D eigenvalue weighted by molar-refractivity contribution is 5.25. The Morgan fingerprint density at radius 1 is 1.06 bits per heavy atom. The van der Waals surface area contributed by atoms with E-state index in [-0.39, 0.29) is 6.10 Å². The highest BCUT2D eigenvalue weighted by atomic mass is 16.3. The minimum absolute atomic E-state index is 0.0877. The minimum Gasteiger partial charge on any atom is -0.393 e. The zero-order chi connectivity index (χ0) is 22.6. The van der Waals surface area contributed by atoms with Crippen molar-refractivity contribution in [3.63, 3.8) is 0 Å². The molecule has 0 bridgehead atoms. The van der Waals surface area contributed by atoms with Gasteiger partial charge >= 0.3 is 0 Å².